The summed E-state index contributed by atoms with van der Waals surface area (Å²) >= 11 is 0. The fourth-order valence-corrected chi connectivity index (χ4v) is 6.74. The van der Waals surface area contributed by atoms with Crippen molar-refractivity contribution in [2.45, 2.75) is 43.0 Å². The van der Waals surface area contributed by atoms with E-state index in [9.17, 15) is 17.2 Å². The van der Waals surface area contributed by atoms with Gasteiger partial charge in [0, 0.05) is 55.0 Å². The maximum absolute atomic E-state index is 13.3. The van der Waals surface area contributed by atoms with Crippen molar-refractivity contribution in [3.05, 3.63) is 36.0 Å². The van der Waals surface area contributed by atoms with Crippen molar-refractivity contribution in [2.75, 3.05) is 38.6 Å². The monoisotopic (exact) mass is 547 g/mol. The second-order valence-corrected chi connectivity index (χ2v) is 11.6. The van der Waals surface area contributed by atoms with Gasteiger partial charge in [-0.05, 0) is 50.1 Å². The number of hydrogen-bond donors (Lipinski definition) is 2. The third-order valence-electron chi connectivity index (χ3n) is 7.80. The van der Waals surface area contributed by atoms with Crippen LogP contribution in [0.5, 0.6) is 11.6 Å². The standard InChI is InChI=1S/C24H27F2N7O4S/c1-32-10-6-24(32)7-11-33(12-8-24)38(34,35)23-29-22(30-31-23)28-20-16(2-3-18-17(20)5-13-36-18)15-4-9-27-19(14-15)37-21(25)26/h2-4,9,14,21H,5-8,10-13H2,1H3,(H2,28,29,30,31). The highest BCUT2D eigenvalue weighted by molar-refractivity contribution is 7.88. The molecule has 3 aliphatic rings. The number of nitrogens with one attached hydrogen (secondary N) is 2. The lowest BCUT2D eigenvalue weighted by atomic mass is 9.77. The third kappa shape index (κ3) is 4.35. The van der Waals surface area contributed by atoms with Gasteiger partial charge in [-0.3, -0.25) is 0 Å². The summed E-state index contributed by atoms with van der Waals surface area (Å²) in [7, 11) is -1.77. The fraction of sp³-hybridized carbons (Fsp3) is 0.458. The molecule has 2 saturated heterocycles. The van der Waals surface area contributed by atoms with Crippen LogP contribution in [0.3, 0.4) is 0 Å². The minimum atomic E-state index is -3.85. The van der Waals surface area contributed by atoms with Crippen molar-refractivity contribution in [2.24, 2.45) is 0 Å². The van der Waals surface area contributed by atoms with Gasteiger partial charge in [0.2, 0.25) is 11.8 Å². The molecule has 11 nitrogen and oxygen atoms in total. The summed E-state index contributed by atoms with van der Waals surface area (Å²) in [5, 5.41) is 9.59. The zero-order valence-corrected chi connectivity index (χ0v) is 21.5. The van der Waals surface area contributed by atoms with Gasteiger partial charge in [-0.15, -0.1) is 5.10 Å². The van der Waals surface area contributed by atoms with E-state index in [4.69, 9.17) is 4.74 Å². The van der Waals surface area contributed by atoms with Crippen LogP contribution in [0.1, 0.15) is 24.8 Å². The first kappa shape index (κ1) is 24.9. The van der Waals surface area contributed by atoms with Crippen LogP contribution in [0.25, 0.3) is 11.1 Å². The summed E-state index contributed by atoms with van der Waals surface area (Å²) in [6.07, 6.45) is 4.63. The van der Waals surface area contributed by atoms with Crippen LogP contribution in [-0.4, -0.2) is 83.2 Å². The van der Waals surface area contributed by atoms with Gasteiger partial charge < -0.3 is 19.7 Å². The van der Waals surface area contributed by atoms with Crippen molar-refractivity contribution >= 4 is 21.7 Å². The molecule has 3 aliphatic heterocycles. The Morgan fingerprint density at radius 2 is 1.97 bits per heavy atom. The number of halogens is 2. The molecule has 14 heteroatoms. The summed E-state index contributed by atoms with van der Waals surface area (Å²) in [5.74, 6) is 0.513. The smallest absolute Gasteiger partial charge is 0.388 e. The van der Waals surface area contributed by atoms with Crippen LogP contribution >= 0.6 is 0 Å². The fourth-order valence-electron chi connectivity index (χ4n) is 5.47. The molecule has 5 heterocycles. The SMILES string of the molecule is CN1CCC12CCN(S(=O)(=O)c1nc(Nc3c(-c4ccnc(OC(F)F)c4)ccc4c3CCO4)n[nH]1)CC2. The van der Waals surface area contributed by atoms with Gasteiger partial charge in [0.25, 0.3) is 15.2 Å². The third-order valence-corrected chi connectivity index (χ3v) is 9.51. The maximum Gasteiger partial charge on any atom is 0.388 e. The van der Waals surface area contributed by atoms with Crippen LogP contribution in [0, 0.1) is 0 Å². The molecule has 1 aromatic carbocycles. The van der Waals surface area contributed by atoms with Crippen molar-refractivity contribution in [3.8, 4) is 22.8 Å². The molecule has 3 aromatic rings. The number of H-pyrrole nitrogens is 1. The van der Waals surface area contributed by atoms with Gasteiger partial charge in [-0.25, -0.2) is 18.5 Å². The first-order chi connectivity index (χ1) is 18.2. The van der Waals surface area contributed by atoms with E-state index in [-0.39, 0.29) is 22.5 Å². The number of aromatic amines is 1. The van der Waals surface area contributed by atoms with E-state index in [2.05, 4.69) is 42.2 Å². The quantitative estimate of drug-likeness (QED) is 0.459. The zero-order chi connectivity index (χ0) is 26.5. The molecule has 0 radical (unpaired) electrons. The number of fused-ring (bicyclic) bond motifs is 1. The van der Waals surface area contributed by atoms with Crippen molar-refractivity contribution in [3.63, 3.8) is 0 Å². The minimum Gasteiger partial charge on any atom is -0.493 e. The number of sulfonamides is 1. The highest BCUT2D eigenvalue weighted by Gasteiger charge is 2.46. The first-order valence-electron chi connectivity index (χ1n) is 12.4. The number of pyridine rings is 1. The number of hydrogen-bond acceptors (Lipinski definition) is 9. The van der Waals surface area contributed by atoms with Crippen LogP contribution in [-0.2, 0) is 16.4 Å². The first-order valence-corrected chi connectivity index (χ1v) is 13.8. The van der Waals surface area contributed by atoms with E-state index >= 15 is 0 Å². The van der Waals surface area contributed by atoms with Gasteiger partial charge >= 0.3 is 6.61 Å². The Bertz CT molecular complexity index is 1460. The molecule has 2 aromatic heterocycles. The molecule has 0 unspecified atom stereocenters. The molecule has 0 atom stereocenters. The Kier molecular flexibility index (Phi) is 6.19. The van der Waals surface area contributed by atoms with E-state index in [1.165, 1.54) is 16.6 Å². The number of likely N-dealkylation sites (tertiary alicyclic amines) is 1. The highest BCUT2D eigenvalue weighted by Crippen LogP contribution is 2.42. The Labute approximate surface area is 218 Å². The zero-order valence-electron chi connectivity index (χ0n) is 20.7. The Morgan fingerprint density at radius 1 is 1.18 bits per heavy atom. The van der Waals surface area contributed by atoms with Crippen molar-refractivity contribution < 1.29 is 26.7 Å². The lowest BCUT2D eigenvalue weighted by Gasteiger charge is -2.54. The highest BCUT2D eigenvalue weighted by atomic mass is 32.2. The van der Waals surface area contributed by atoms with Crippen LogP contribution < -0.4 is 14.8 Å². The normalized spacial score (nSPS) is 19.3. The number of aromatic nitrogens is 4. The molecule has 0 bridgehead atoms. The van der Waals surface area contributed by atoms with Gasteiger partial charge in [-0.1, -0.05) is 0 Å². The van der Waals surface area contributed by atoms with E-state index in [0.29, 0.717) is 48.7 Å². The molecule has 0 amide bonds. The predicted octanol–water partition coefficient (Wildman–Crippen LogP) is 3.01. The Hall–Kier alpha value is -3.36. The van der Waals surface area contributed by atoms with E-state index in [1.807, 2.05) is 0 Å². The molecule has 2 N–H and O–H groups in total. The summed E-state index contributed by atoms with van der Waals surface area (Å²) in [6, 6.07) is 6.65. The van der Waals surface area contributed by atoms with E-state index < -0.39 is 16.6 Å². The number of piperidine rings is 1. The Morgan fingerprint density at radius 3 is 2.68 bits per heavy atom. The number of anilines is 2. The molecule has 1 spiro atoms. The molecular formula is C24H27F2N7O4S. The average molecular weight is 548 g/mol. The summed E-state index contributed by atoms with van der Waals surface area (Å²) in [4.78, 5) is 10.4. The number of benzene rings is 1. The van der Waals surface area contributed by atoms with Crippen LogP contribution in [0.2, 0.25) is 0 Å². The number of ether oxygens (including phenoxy) is 2. The largest absolute Gasteiger partial charge is 0.493 e. The maximum atomic E-state index is 13.3. The average Bonchev–Trinajstić information content (AvgIpc) is 3.58. The number of alkyl halides is 2. The molecule has 0 aliphatic carbocycles. The molecule has 2 fully saturated rings. The number of rotatable bonds is 7. The molecule has 38 heavy (non-hydrogen) atoms. The summed E-state index contributed by atoms with van der Waals surface area (Å²) in [6.45, 7) is -0.635. The van der Waals surface area contributed by atoms with Crippen molar-refractivity contribution in [1.82, 2.24) is 29.4 Å². The molecule has 6 rings (SSSR count). The van der Waals surface area contributed by atoms with Gasteiger partial charge in [0.05, 0.1) is 12.3 Å². The van der Waals surface area contributed by atoms with Gasteiger partial charge in [0.1, 0.15) is 5.75 Å². The summed E-state index contributed by atoms with van der Waals surface area (Å²) < 4.78 is 63.7. The topological polar surface area (TPSA) is 126 Å². The summed E-state index contributed by atoms with van der Waals surface area (Å²) in [5.41, 5.74) is 2.76. The minimum absolute atomic E-state index is 0.0652. The van der Waals surface area contributed by atoms with E-state index in [1.54, 1.807) is 18.2 Å². The van der Waals surface area contributed by atoms with Gasteiger partial charge in [-0.2, -0.15) is 18.1 Å². The lowest BCUT2D eigenvalue weighted by molar-refractivity contribution is -0.0528. The molecule has 202 valence electrons. The second-order valence-electron chi connectivity index (χ2n) is 9.71. The second kappa shape index (κ2) is 9.43. The van der Waals surface area contributed by atoms with E-state index in [0.717, 1.165) is 31.4 Å². The van der Waals surface area contributed by atoms with Gasteiger partial charge in [0.15, 0.2) is 0 Å². The number of nitrogens with zero attached hydrogens (tertiary/aromatic N) is 5. The lowest BCUT2D eigenvalue weighted by Crippen LogP contribution is -2.62. The van der Waals surface area contributed by atoms with Crippen LogP contribution in [0.4, 0.5) is 20.4 Å². The Balaban J connectivity index is 1.27. The van der Waals surface area contributed by atoms with Crippen LogP contribution in [0.15, 0.2) is 35.6 Å². The molecular weight excluding hydrogens is 520 g/mol. The predicted molar refractivity (Wildman–Crippen MR) is 133 cm³/mol. The van der Waals surface area contributed by atoms with Crippen molar-refractivity contribution in [1.29, 1.82) is 0 Å². The molecule has 0 saturated carbocycles.